The van der Waals surface area contributed by atoms with Gasteiger partial charge in [-0.2, -0.15) is 0 Å². The number of likely N-dealkylation sites (N-methyl/N-ethyl adjacent to an activating group) is 1. The number of hydrogen-bond acceptors (Lipinski definition) is 2. The van der Waals surface area contributed by atoms with Crippen LogP contribution in [-0.2, 0) is 4.57 Å². The van der Waals surface area contributed by atoms with E-state index in [9.17, 15) is 19.5 Å². The van der Waals surface area contributed by atoms with Crippen molar-refractivity contribution >= 4 is 7.60 Å². The van der Waals surface area contributed by atoms with Gasteiger partial charge in [0.15, 0.2) is 0 Å². The van der Waals surface area contributed by atoms with Crippen LogP contribution in [0.15, 0.2) is 24.3 Å². The molecule has 34 heavy (non-hydrogen) atoms. The summed E-state index contributed by atoms with van der Waals surface area (Å²) in [5.74, 6) is 0. The Kier molecular flexibility index (Phi) is 19.4. The topological polar surface area (TPSA) is 77.8 Å². The van der Waals surface area contributed by atoms with Crippen molar-refractivity contribution in [3.8, 4) is 0 Å². The van der Waals surface area contributed by atoms with E-state index < -0.39 is 12.9 Å². The zero-order chi connectivity index (χ0) is 25.8. The minimum absolute atomic E-state index is 0.0558. The minimum Gasteiger partial charge on any atom is -0.373 e. The van der Waals surface area contributed by atoms with Gasteiger partial charge in [0, 0.05) is 0 Å². The monoisotopic (exact) mass is 502 g/mol. The molecule has 0 aliphatic rings. The number of rotatable bonds is 23. The van der Waals surface area contributed by atoms with E-state index in [1.807, 2.05) is 21.1 Å². The standard InChI is InChI=1S/C28H56NO4P/c1-5-6-7-8-9-10-11-12-13-14-15-16-17-18-19-20-21-22-23-24-25-26-28(30,34(31,32)33)27-29(2,3)4/h12-13,16-17,30H,5-11,14-15,18-27H2,1-4H3,(H-,31,32,33)/p+1/b13-12-,17-16-. The molecular formula is C28H57NO4P+. The summed E-state index contributed by atoms with van der Waals surface area (Å²) in [5.41, 5.74) is 0. The van der Waals surface area contributed by atoms with Crippen molar-refractivity contribution in [2.75, 3.05) is 27.7 Å². The van der Waals surface area contributed by atoms with Gasteiger partial charge in [-0.3, -0.25) is 4.57 Å². The predicted octanol–water partition coefficient (Wildman–Crippen LogP) is 7.71. The third-order valence-corrected chi connectivity index (χ3v) is 7.72. The molecule has 0 saturated heterocycles. The van der Waals surface area contributed by atoms with Crippen molar-refractivity contribution in [2.45, 2.75) is 128 Å². The smallest absolute Gasteiger partial charge is 0.362 e. The zero-order valence-corrected chi connectivity index (χ0v) is 23.8. The molecule has 6 heteroatoms. The Bertz CT molecular complexity index is 579. The van der Waals surface area contributed by atoms with E-state index in [-0.39, 0.29) is 13.0 Å². The van der Waals surface area contributed by atoms with Gasteiger partial charge in [-0.1, -0.05) is 95.4 Å². The summed E-state index contributed by atoms with van der Waals surface area (Å²) in [5, 5.41) is 8.64. The molecule has 0 amide bonds. The highest BCUT2D eigenvalue weighted by molar-refractivity contribution is 7.53. The van der Waals surface area contributed by atoms with Gasteiger partial charge < -0.3 is 19.4 Å². The molecule has 0 saturated carbocycles. The predicted molar refractivity (Wildman–Crippen MR) is 147 cm³/mol. The first-order chi connectivity index (χ1) is 16.0. The lowest BCUT2D eigenvalue weighted by Crippen LogP contribution is -2.49. The first-order valence-corrected chi connectivity index (χ1v) is 15.5. The second-order valence-corrected chi connectivity index (χ2v) is 13.0. The van der Waals surface area contributed by atoms with Gasteiger partial charge in [-0.15, -0.1) is 0 Å². The van der Waals surface area contributed by atoms with Crippen molar-refractivity contribution in [3.05, 3.63) is 24.3 Å². The molecule has 0 heterocycles. The van der Waals surface area contributed by atoms with Gasteiger partial charge in [0.2, 0.25) is 5.34 Å². The molecule has 0 radical (unpaired) electrons. The molecule has 0 bridgehead atoms. The van der Waals surface area contributed by atoms with Gasteiger partial charge >= 0.3 is 7.60 Å². The summed E-state index contributed by atoms with van der Waals surface area (Å²) in [6.45, 7) is 2.32. The zero-order valence-electron chi connectivity index (χ0n) is 22.9. The van der Waals surface area contributed by atoms with Gasteiger partial charge in [-0.25, -0.2) is 0 Å². The van der Waals surface area contributed by atoms with Crippen molar-refractivity contribution in [1.29, 1.82) is 0 Å². The fraction of sp³-hybridized carbons (Fsp3) is 0.857. The maximum absolute atomic E-state index is 11.8. The summed E-state index contributed by atoms with van der Waals surface area (Å²) in [7, 11) is 0.964. The molecule has 0 aliphatic heterocycles. The third kappa shape index (κ3) is 19.8. The fourth-order valence-corrected chi connectivity index (χ4v) is 5.39. The van der Waals surface area contributed by atoms with E-state index in [1.165, 1.54) is 64.2 Å². The van der Waals surface area contributed by atoms with E-state index in [0.717, 1.165) is 38.5 Å². The SMILES string of the molecule is CCCCCCCC/C=C\CC/C=C\CCCCCCCCCC(O)(C[N+](C)(C)C)P(=O)(O)O. The van der Waals surface area contributed by atoms with E-state index >= 15 is 0 Å². The lowest BCUT2D eigenvalue weighted by Gasteiger charge is -2.35. The van der Waals surface area contributed by atoms with Crippen LogP contribution in [-0.4, -0.2) is 52.4 Å². The Balaban J connectivity index is 3.62. The normalized spacial score (nSPS) is 14.9. The second kappa shape index (κ2) is 19.7. The molecule has 0 aromatic rings. The Morgan fingerprint density at radius 3 is 1.44 bits per heavy atom. The fourth-order valence-electron chi connectivity index (χ4n) is 4.34. The van der Waals surface area contributed by atoms with Gasteiger partial charge in [-0.05, 0) is 51.4 Å². The lowest BCUT2D eigenvalue weighted by atomic mass is 10.0. The van der Waals surface area contributed by atoms with Crippen LogP contribution >= 0.6 is 7.60 Å². The quantitative estimate of drug-likeness (QED) is 0.0578. The van der Waals surface area contributed by atoms with E-state index in [2.05, 4.69) is 31.2 Å². The summed E-state index contributed by atoms with van der Waals surface area (Å²) in [6, 6.07) is 0. The van der Waals surface area contributed by atoms with Gasteiger partial charge in [0.1, 0.15) is 6.54 Å². The molecule has 0 spiro atoms. The van der Waals surface area contributed by atoms with Crippen LogP contribution in [0.1, 0.15) is 122 Å². The first kappa shape index (κ1) is 33.5. The van der Waals surface area contributed by atoms with Crippen molar-refractivity contribution < 1.29 is 23.9 Å². The van der Waals surface area contributed by atoms with Crippen LogP contribution in [0.5, 0.6) is 0 Å². The highest BCUT2D eigenvalue weighted by Crippen LogP contribution is 2.52. The van der Waals surface area contributed by atoms with Crippen LogP contribution < -0.4 is 0 Å². The number of allylic oxidation sites excluding steroid dienone is 4. The second-order valence-electron chi connectivity index (χ2n) is 11.1. The van der Waals surface area contributed by atoms with E-state index in [4.69, 9.17) is 0 Å². The maximum atomic E-state index is 11.8. The van der Waals surface area contributed by atoms with Gasteiger partial charge in [0.25, 0.3) is 0 Å². The molecule has 5 nitrogen and oxygen atoms in total. The largest absolute Gasteiger partial charge is 0.373 e. The molecule has 202 valence electrons. The average molecular weight is 503 g/mol. The average Bonchev–Trinajstić information content (AvgIpc) is 2.73. The Labute approximate surface area is 211 Å². The van der Waals surface area contributed by atoms with Crippen molar-refractivity contribution in [2.24, 2.45) is 0 Å². The molecule has 3 N–H and O–H groups in total. The van der Waals surface area contributed by atoms with Gasteiger partial charge in [0.05, 0.1) is 21.1 Å². The summed E-state index contributed by atoms with van der Waals surface area (Å²) in [4.78, 5) is 19.2. The van der Waals surface area contributed by atoms with Crippen molar-refractivity contribution in [3.63, 3.8) is 0 Å². The van der Waals surface area contributed by atoms with Crippen LogP contribution in [0.2, 0.25) is 0 Å². The molecule has 1 atom stereocenters. The molecule has 0 rings (SSSR count). The van der Waals surface area contributed by atoms with Crippen LogP contribution in [0.25, 0.3) is 0 Å². The number of hydrogen-bond donors (Lipinski definition) is 3. The molecule has 1 unspecified atom stereocenters. The number of aliphatic hydroxyl groups is 1. The lowest BCUT2D eigenvalue weighted by molar-refractivity contribution is -0.875. The molecular weight excluding hydrogens is 445 g/mol. The molecule has 0 fully saturated rings. The summed E-state index contributed by atoms with van der Waals surface area (Å²) >= 11 is 0. The molecule has 0 aliphatic carbocycles. The van der Waals surface area contributed by atoms with E-state index in [0.29, 0.717) is 10.9 Å². The third-order valence-electron chi connectivity index (χ3n) is 6.28. The highest BCUT2D eigenvalue weighted by Gasteiger charge is 2.48. The number of unbranched alkanes of at least 4 members (excludes halogenated alkanes) is 14. The molecule has 0 aromatic heterocycles. The maximum Gasteiger partial charge on any atom is 0.362 e. The Morgan fingerprint density at radius 1 is 0.647 bits per heavy atom. The number of quaternary nitrogens is 1. The van der Waals surface area contributed by atoms with Crippen LogP contribution in [0, 0.1) is 0 Å². The van der Waals surface area contributed by atoms with Crippen LogP contribution in [0.3, 0.4) is 0 Å². The molecule has 0 aromatic carbocycles. The number of nitrogens with zero attached hydrogens (tertiary/aromatic N) is 1. The van der Waals surface area contributed by atoms with Crippen LogP contribution in [0.4, 0.5) is 0 Å². The summed E-state index contributed by atoms with van der Waals surface area (Å²) < 4.78 is 12.1. The summed E-state index contributed by atoms with van der Waals surface area (Å²) in [6.07, 6.45) is 29.8. The van der Waals surface area contributed by atoms with E-state index in [1.54, 1.807) is 0 Å². The minimum atomic E-state index is -4.55. The Hall–Kier alpha value is -0.450. The van der Waals surface area contributed by atoms with Crippen molar-refractivity contribution in [1.82, 2.24) is 0 Å². The first-order valence-electron chi connectivity index (χ1n) is 13.9. The Morgan fingerprint density at radius 2 is 1.03 bits per heavy atom. The highest BCUT2D eigenvalue weighted by atomic mass is 31.2.